The molecule has 0 aliphatic carbocycles. The van der Waals surface area contributed by atoms with E-state index in [-0.39, 0.29) is 24.1 Å². The Kier molecular flexibility index (Phi) is 7.59. The number of hydrogen-bond donors (Lipinski definition) is 2. The molecule has 36 heavy (non-hydrogen) atoms. The molecule has 0 bridgehead atoms. The Morgan fingerprint density at radius 2 is 1.64 bits per heavy atom. The van der Waals surface area contributed by atoms with Crippen LogP contribution in [0.15, 0.2) is 78.9 Å². The highest BCUT2D eigenvalue weighted by Gasteiger charge is 2.37. The zero-order chi connectivity index (χ0) is 25.7. The number of sulfonamides is 1. The maximum Gasteiger partial charge on any atom is 0.267 e. The van der Waals surface area contributed by atoms with Crippen LogP contribution in [0.2, 0.25) is 0 Å². The van der Waals surface area contributed by atoms with E-state index in [0.717, 1.165) is 0 Å². The molecule has 1 aliphatic heterocycles. The van der Waals surface area contributed by atoms with Crippen molar-refractivity contribution in [2.75, 3.05) is 22.7 Å². The highest BCUT2D eigenvalue weighted by atomic mass is 32.2. The van der Waals surface area contributed by atoms with Crippen molar-refractivity contribution >= 4 is 33.2 Å². The first-order chi connectivity index (χ1) is 17.2. The lowest BCUT2D eigenvalue weighted by Gasteiger charge is -2.34. The summed E-state index contributed by atoms with van der Waals surface area (Å²) in [6, 6.07) is 22.3. The van der Waals surface area contributed by atoms with Gasteiger partial charge in [0.25, 0.3) is 11.8 Å². The summed E-state index contributed by atoms with van der Waals surface area (Å²) in [6.45, 7) is 4.28. The maximum atomic E-state index is 13.4. The lowest BCUT2D eigenvalue weighted by Crippen LogP contribution is -2.49. The molecule has 9 heteroatoms. The molecule has 2 amide bonds. The van der Waals surface area contributed by atoms with Crippen LogP contribution in [0.4, 0.5) is 11.4 Å². The number of nitrogens with one attached hydrogen (secondary N) is 2. The normalized spacial score (nSPS) is 15.1. The molecule has 1 unspecified atom stereocenters. The Morgan fingerprint density at radius 3 is 2.39 bits per heavy atom. The van der Waals surface area contributed by atoms with Crippen molar-refractivity contribution in [2.24, 2.45) is 5.92 Å². The maximum absolute atomic E-state index is 13.4. The van der Waals surface area contributed by atoms with Crippen LogP contribution in [0.5, 0.6) is 5.75 Å². The van der Waals surface area contributed by atoms with Gasteiger partial charge in [-0.05, 0) is 35.7 Å². The Hall–Kier alpha value is -3.85. The third-order valence-corrected chi connectivity index (χ3v) is 7.37. The van der Waals surface area contributed by atoms with Crippen molar-refractivity contribution in [3.8, 4) is 5.75 Å². The monoisotopic (exact) mass is 507 g/mol. The van der Waals surface area contributed by atoms with Gasteiger partial charge in [-0.15, -0.1) is 0 Å². The molecule has 3 aromatic rings. The van der Waals surface area contributed by atoms with Gasteiger partial charge in [0.1, 0.15) is 5.75 Å². The van der Waals surface area contributed by atoms with E-state index < -0.39 is 22.0 Å². The first kappa shape index (κ1) is 25.2. The van der Waals surface area contributed by atoms with Crippen molar-refractivity contribution in [2.45, 2.75) is 25.7 Å². The second-order valence-corrected chi connectivity index (χ2v) is 10.9. The van der Waals surface area contributed by atoms with E-state index >= 15 is 0 Å². The van der Waals surface area contributed by atoms with Gasteiger partial charge in [-0.3, -0.25) is 13.9 Å². The first-order valence-electron chi connectivity index (χ1n) is 11.7. The number of nitrogens with zero attached hydrogens (tertiary/aromatic N) is 1. The summed E-state index contributed by atoms with van der Waals surface area (Å²) >= 11 is 0. The number of carbonyl (C=O) groups is 2. The second kappa shape index (κ2) is 10.8. The molecule has 1 aliphatic rings. The zero-order valence-corrected chi connectivity index (χ0v) is 21.0. The van der Waals surface area contributed by atoms with E-state index in [1.165, 1.54) is 4.31 Å². The lowest BCUT2D eigenvalue weighted by molar-refractivity contribution is -0.122. The Morgan fingerprint density at radius 1 is 0.972 bits per heavy atom. The van der Waals surface area contributed by atoms with Gasteiger partial charge in [0.2, 0.25) is 10.0 Å². The molecule has 0 aromatic heterocycles. The van der Waals surface area contributed by atoms with Crippen LogP contribution in [0.1, 0.15) is 29.8 Å². The molecule has 4 rings (SSSR count). The summed E-state index contributed by atoms with van der Waals surface area (Å²) in [5.41, 5.74) is 1.66. The van der Waals surface area contributed by atoms with Gasteiger partial charge in [-0.1, -0.05) is 68.4 Å². The van der Waals surface area contributed by atoms with E-state index in [1.54, 1.807) is 72.8 Å². The van der Waals surface area contributed by atoms with Crippen molar-refractivity contribution < 1.29 is 22.7 Å². The fourth-order valence-corrected chi connectivity index (χ4v) is 5.44. The van der Waals surface area contributed by atoms with Gasteiger partial charge >= 0.3 is 0 Å². The predicted octanol–water partition coefficient (Wildman–Crippen LogP) is 3.81. The topological polar surface area (TPSA) is 105 Å². The summed E-state index contributed by atoms with van der Waals surface area (Å²) in [5.74, 6) is -0.496. The zero-order valence-electron chi connectivity index (χ0n) is 20.2. The van der Waals surface area contributed by atoms with Crippen LogP contribution in [0.3, 0.4) is 0 Å². The van der Waals surface area contributed by atoms with Crippen molar-refractivity contribution in [1.82, 2.24) is 5.32 Å². The number of carbonyl (C=O) groups excluding carboxylic acids is 2. The highest BCUT2D eigenvalue weighted by Crippen LogP contribution is 2.36. The molecular formula is C27H29N3O5S. The molecule has 0 saturated heterocycles. The van der Waals surface area contributed by atoms with Gasteiger partial charge in [-0.25, -0.2) is 8.42 Å². The number of fused-ring (bicyclic) bond motifs is 1. The standard InChI is InChI=1S/C27H29N3O5S/c1-19(2)16-28-26(31)21-12-6-7-13-22(21)29-27(32)25-17-30(23-14-8-9-15-24(23)35-25)36(33,34)18-20-10-4-3-5-11-20/h3-15,19,25H,16-18H2,1-2H3,(H,28,31)(H,29,32). The highest BCUT2D eigenvalue weighted by molar-refractivity contribution is 7.92. The first-order valence-corrected chi connectivity index (χ1v) is 13.3. The van der Waals surface area contributed by atoms with Crippen molar-refractivity contribution in [1.29, 1.82) is 0 Å². The Bertz CT molecular complexity index is 1340. The van der Waals surface area contributed by atoms with Gasteiger partial charge in [0, 0.05) is 6.54 Å². The SMILES string of the molecule is CC(C)CNC(=O)c1ccccc1NC(=O)C1CN(S(=O)(=O)Cc2ccccc2)c2ccccc2O1. The Balaban J connectivity index is 1.57. The summed E-state index contributed by atoms with van der Waals surface area (Å²) in [7, 11) is -3.82. The summed E-state index contributed by atoms with van der Waals surface area (Å²) in [6.07, 6.45) is -1.11. The van der Waals surface area contributed by atoms with Crippen LogP contribution in [0.25, 0.3) is 0 Å². The number of ether oxygens (including phenoxy) is 1. The minimum Gasteiger partial charge on any atom is -0.476 e. The number of hydrogen-bond acceptors (Lipinski definition) is 5. The molecule has 8 nitrogen and oxygen atoms in total. The minimum atomic E-state index is -3.82. The van der Waals surface area contributed by atoms with Crippen LogP contribution in [0, 0.1) is 5.92 Å². The molecule has 3 aromatic carbocycles. The summed E-state index contributed by atoms with van der Waals surface area (Å²) < 4.78 is 33.9. The molecule has 0 saturated carbocycles. The molecule has 0 radical (unpaired) electrons. The molecule has 0 spiro atoms. The van der Waals surface area contributed by atoms with Crippen LogP contribution in [-0.4, -0.2) is 39.4 Å². The molecule has 1 heterocycles. The third-order valence-electron chi connectivity index (χ3n) is 5.66. The van der Waals surface area contributed by atoms with Crippen molar-refractivity contribution in [3.05, 3.63) is 90.0 Å². The van der Waals surface area contributed by atoms with E-state index in [0.29, 0.717) is 34.8 Å². The quantitative estimate of drug-likeness (QED) is 0.483. The second-order valence-electron chi connectivity index (χ2n) is 8.99. The largest absolute Gasteiger partial charge is 0.476 e. The number of rotatable bonds is 8. The Labute approximate surface area is 211 Å². The lowest BCUT2D eigenvalue weighted by atomic mass is 10.1. The molecule has 1 atom stereocenters. The summed E-state index contributed by atoms with van der Waals surface area (Å²) in [5, 5.41) is 5.60. The average Bonchev–Trinajstić information content (AvgIpc) is 2.87. The van der Waals surface area contributed by atoms with E-state index in [9.17, 15) is 18.0 Å². The molecule has 0 fully saturated rings. The summed E-state index contributed by atoms with van der Waals surface area (Å²) in [4.78, 5) is 25.9. The number of anilines is 2. The fourth-order valence-electron chi connectivity index (χ4n) is 3.86. The van der Waals surface area contributed by atoms with Crippen LogP contribution in [-0.2, 0) is 20.6 Å². The number of para-hydroxylation sites is 3. The number of amides is 2. The molecule has 2 N–H and O–H groups in total. The number of benzene rings is 3. The van der Waals surface area contributed by atoms with E-state index in [4.69, 9.17) is 4.74 Å². The third kappa shape index (κ3) is 5.85. The molecule has 188 valence electrons. The van der Waals surface area contributed by atoms with Crippen molar-refractivity contribution in [3.63, 3.8) is 0 Å². The molecular weight excluding hydrogens is 478 g/mol. The van der Waals surface area contributed by atoms with Crippen LogP contribution >= 0.6 is 0 Å². The van der Waals surface area contributed by atoms with Gasteiger partial charge in [0.15, 0.2) is 6.10 Å². The van der Waals surface area contributed by atoms with Gasteiger partial charge < -0.3 is 15.4 Å². The smallest absolute Gasteiger partial charge is 0.267 e. The van der Waals surface area contributed by atoms with Gasteiger partial charge in [-0.2, -0.15) is 0 Å². The average molecular weight is 508 g/mol. The minimum absolute atomic E-state index is 0.195. The van der Waals surface area contributed by atoms with Crippen LogP contribution < -0.4 is 19.7 Å². The van der Waals surface area contributed by atoms with E-state index in [2.05, 4.69) is 10.6 Å². The van der Waals surface area contributed by atoms with Gasteiger partial charge in [0.05, 0.1) is 29.2 Å². The predicted molar refractivity (Wildman–Crippen MR) is 140 cm³/mol. The fraction of sp³-hybridized carbons (Fsp3) is 0.259. The van der Waals surface area contributed by atoms with E-state index in [1.807, 2.05) is 19.9 Å².